The number of carbonyl (C=O) groups is 7. The number of hydrogen-bond acceptors (Lipinski definition) is 19. The summed E-state index contributed by atoms with van der Waals surface area (Å²) in [5.74, 6) is -5.77. The molecule has 20 atom stereocenters. The van der Waals surface area contributed by atoms with Crippen molar-refractivity contribution in [2.45, 2.75) is 194 Å². The van der Waals surface area contributed by atoms with Crippen LogP contribution >= 0.6 is 0 Å². The summed E-state index contributed by atoms with van der Waals surface area (Å²) < 4.78 is 66.6. The Morgan fingerprint density at radius 2 is 1.24 bits per heavy atom. The predicted octanol–water partition coefficient (Wildman–Crippen LogP) is 3.64. The number of esters is 7. The van der Waals surface area contributed by atoms with Crippen molar-refractivity contribution in [1.29, 1.82) is 0 Å². The summed E-state index contributed by atoms with van der Waals surface area (Å²) in [6.45, 7) is 16.8. The molecule has 0 aromatic heterocycles. The molecule has 7 fully saturated rings. The largest absolute Gasteiger partial charge is 0.463 e. The molecule has 3 aliphatic heterocycles. The first-order valence-corrected chi connectivity index (χ1v) is 23.3. The van der Waals surface area contributed by atoms with Crippen LogP contribution in [0.25, 0.3) is 0 Å². The van der Waals surface area contributed by atoms with Crippen LogP contribution in [-0.4, -0.2) is 133 Å². The Morgan fingerprint density at radius 3 is 1.85 bits per heavy atom. The Kier molecular flexibility index (Phi) is 14.0. The second-order valence-corrected chi connectivity index (χ2v) is 20.6. The van der Waals surface area contributed by atoms with Gasteiger partial charge in [-0.05, 0) is 61.2 Å². The van der Waals surface area contributed by atoms with Crippen LogP contribution in [-0.2, 0) is 85.7 Å². The van der Waals surface area contributed by atoms with Gasteiger partial charge in [-0.15, -0.1) is 0 Å². The zero-order chi connectivity index (χ0) is 48.4. The van der Waals surface area contributed by atoms with Gasteiger partial charge in [-0.25, -0.2) is 0 Å². The van der Waals surface area contributed by atoms with Gasteiger partial charge in [-0.3, -0.25) is 33.6 Å². The second kappa shape index (κ2) is 18.5. The van der Waals surface area contributed by atoms with E-state index in [4.69, 9.17) is 52.1 Å². The van der Waals surface area contributed by atoms with Crippen molar-refractivity contribution in [2.24, 2.45) is 46.3 Å². The third kappa shape index (κ3) is 9.07. The maximum Gasteiger partial charge on any atom is 0.303 e. The van der Waals surface area contributed by atoms with Crippen molar-refractivity contribution in [2.75, 3.05) is 13.2 Å². The molecule has 19 heteroatoms. The Bertz CT molecular complexity index is 1920. The first-order valence-electron chi connectivity index (χ1n) is 23.3. The molecule has 0 radical (unpaired) electrons. The van der Waals surface area contributed by atoms with Gasteiger partial charge in [0.05, 0.1) is 18.8 Å². The minimum Gasteiger partial charge on any atom is -0.463 e. The van der Waals surface area contributed by atoms with E-state index in [1.54, 1.807) is 0 Å². The zero-order valence-electron chi connectivity index (χ0n) is 39.9. The summed E-state index contributed by atoms with van der Waals surface area (Å²) in [6, 6.07) is 0. The van der Waals surface area contributed by atoms with E-state index in [0.29, 0.717) is 32.3 Å². The van der Waals surface area contributed by atoms with Crippen LogP contribution in [0.2, 0.25) is 0 Å². The van der Waals surface area contributed by atoms with Crippen LogP contribution in [0.1, 0.15) is 121 Å². The van der Waals surface area contributed by atoms with Gasteiger partial charge in [0, 0.05) is 78.6 Å². The normalized spacial score (nSPS) is 45.7. The van der Waals surface area contributed by atoms with Gasteiger partial charge >= 0.3 is 41.8 Å². The van der Waals surface area contributed by atoms with Crippen molar-refractivity contribution < 1.29 is 90.8 Å². The minimum absolute atomic E-state index is 0.00517. The highest BCUT2D eigenvalue weighted by atomic mass is 16.7. The van der Waals surface area contributed by atoms with E-state index in [-0.39, 0.29) is 71.9 Å². The van der Waals surface area contributed by atoms with Gasteiger partial charge in [-0.1, -0.05) is 27.7 Å². The van der Waals surface area contributed by atoms with Crippen molar-refractivity contribution >= 4 is 41.8 Å². The average molecular weight is 937 g/mol. The van der Waals surface area contributed by atoms with Crippen LogP contribution < -0.4 is 0 Å². The zero-order valence-corrected chi connectivity index (χ0v) is 39.9. The minimum atomic E-state index is -1.73. The van der Waals surface area contributed by atoms with Crippen LogP contribution in [0.4, 0.5) is 0 Å². The molecule has 4 saturated carbocycles. The van der Waals surface area contributed by atoms with Crippen molar-refractivity contribution in [3.8, 4) is 0 Å². The van der Waals surface area contributed by atoms with Crippen LogP contribution in [0.3, 0.4) is 0 Å². The van der Waals surface area contributed by atoms with Gasteiger partial charge in [-0.2, -0.15) is 0 Å². The maximum atomic E-state index is 13.2. The van der Waals surface area contributed by atoms with E-state index < -0.39 is 108 Å². The average Bonchev–Trinajstić information content (AvgIpc) is 3.63. The lowest BCUT2D eigenvalue weighted by Gasteiger charge is -2.66. The fourth-order valence-electron chi connectivity index (χ4n) is 13.9. The van der Waals surface area contributed by atoms with E-state index in [9.17, 15) is 38.7 Å². The molecule has 1 spiro atoms. The van der Waals surface area contributed by atoms with Gasteiger partial charge in [0.25, 0.3) is 0 Å². The Morgan fingerprint density at radius 1 is 0.652 bits per heavy atom. The van der Waals surface area contributed by atoms with Gasteiger partial charge in [0.2, 0.25) is 0 Å². The summed E-state index contributed by atoms with van der Waals surface area (Å²) in [6.07, 6.45) is -8.42. The Labute approximate surface area is 385 Å². The highest BCUT2D eigenvalue weighted by molar-refractivity contribution is 5.69. The van der Waals surface area contributed by atoms with E-state index >= 15 is 0 Å². The van der Waals surface area contributed by atoms with Crippen LogP contribution in [0.15, 0.2) is 0 Å². The number of carbonyl (C=O) groups excluding carboxylic acids is 7. The first-order chi connectivity index (χ1) is 30.8. The van der Waals surface area contributed by atoms with E-state index in [2.05, 4.69) is 13.8 Å². The summed E-state index contributed by atoms with van der Waals surface area (Å²) in [4.78, 5) is 87.6. The molecular formula is C47H68O19. The molecule has 3 saturated heterocycles. The molecule has 2 unspecified atom stereocenters. The summed E-state index contributed by atoms with van der Waals surface area (Å²) in [5.41, 5.74) is -3.04. The highest BCUT2D eigenvalue weighted by Crippen LogP contribution is 2.72. The summed E-state index contributed by atoms with van der Waals surface area (Å²) in [7, 11) is 0. The quantitative estimate of drug-likeness (QED) is 0.187. The van der Waals surface area contributed by atoms with Gasteiger partial charge in [0.15, 0.2) is 30.4 Å². The first kappa shape index (κ1) is 50.0. The molecule has 0 aromatic carbocycles. The smallest absolute Gasteiger partial charge is 0.303 e. The van der Waals surface area contributed by atoms with Crippen LogP contribution in [0.5, 0.6) is 0 Å². The molecule has 370 valence electrons. The summed E-state index contributed by atoms with van der Waals surface area (Å²) >= 11 is 0. The number of ether oxygens (including phenoxy) is 11. The fourth-order valence-corrected chi connectivity index (χ4v) is 13.9. The monoisotopic (exact) mass is 936 g/mol. The molecule has 1 N–H and O–H groups in total. The molecule has 3 heterocycles. The number of hydrogen-bond donors (Lipinski definition) is 1. The van der Waals surface area contributed by atoms with Gasteiger partial charge in [0.1, 0.15) is 36.6 Å². The lowest BCUT2D eigenvalue weighted by molar-refractivity contribution is -0.342. The second-order valence-electron chi connectivity index (χ2n) is 20.6. The molecule has 66 heavy (non-hydrogen) atoms. The topological polar surface area (TPSA) is 241 Å². The molecule has 7 aliphatic rings. The molecule has 0 aromatic rings. The van der Waals surface area contributed by atoms with Crippen molar-refractivity contribution in [3.05, 3.63) is 0 Å². The van der Waals surface area contributed by atoms with Crippen molar-refractivity contribution in [3.63, 3.8) is 0 Å². The maximum absolute atomic E-state index is 13.2. The standard InChI is InChI=1S/C47H68O19/c1-21-19-57-47(18-34(21)58-24(4)49)22(2)39-33(66-47)15-32-30-14-38(60-26(6)51)46(55)17-36(59-25(5)50)35(16-45(46,11)31(30)12-13-44(32,39)10)64-43-42(63-29(9)54)41(62-28(8)53)40(61-27(7)52)37(65-43)20-56-23(3)48/h21-22,30-43,55H,12-20H2,1-11H3/t21-,22-,30+,31-,32-,33?,34-,35+,36+,37+,38+,39?,40+,41-,42+,43+,44-,45+,46-,47+/m0/s1. The SMILES string of the molecule is CC(=O)OC[C@H]1O[C@@H](O[C@@H]2C[C@]3(C)[C@H]4CC[C@]5(C)C6C(C[C@H]5[C@@H]4C[C@@H](OC(C)=O)[C@@]3(O)C[C@H]2OC(C)=O)O[C@]2(C[C@H](OC(C)=O)[C@@H](C)CO2)[C@H]6C)[C@H](OC(C)=O)[C@@H](OC(C)=O)[C@@H]1OC(C)=O. The van der Waals surface area contributed by atoms with Crippen LogP contribution in [0, 0.1) is 46.3 Å². The lowest BCUT2D eigenvalue weighted by atomic mass is 9.42. The van der Waals surface area contributed by atoms with E-state index in [1.807, 2.05) is 13.8 Å². The molecule has 4 aliphatic carbocycles. The molecule has 0 bridgehead atoms. The number of rotatable bonds is 10. The Balaban J connectivity index is 1.23. The predicted molar refractivity (Wildman–Crippen MR) is 223 cm³/mol. The van der Waals surface area contributed by atoms with Crippen molar-refractivity contribution in [1.82, 2.24) is 0 Å². The molecule has 0 amide bonds. The van der Waals surface area contributed by atoms with E-state index in [1.165, 1.54) is 27.7 Å². The molecular weight excluding hydrogens is 868 g/mol. The third-order valence-electron chi connectivity index (χ3n) is 16.4. The van der Waals surface area contributed by atoms with E-state index in [0.717, 1.165) is 27.2 Å². The number of aliphatic hydroxyl groups is 1. The lowest BCUT2D eigenvalue weighted by Crippen LogP contribution is -2.72. The molecule has 7 rings (SSSR count). The number of fused-ring (bicyclic) bond motifs is 7. The molecule has 19 nitrogen and oxygen atoms in total. The Hall–Kier alpha value is -3.91. The fraction of sp³-hybridized carbons (Fsp3) is 0.851. The summed E-state index contributed by atoms with van der Waals surface area (Å²) in [5, 5.41) is 13.2. The van der Waals surface area contributed by atoms with Gasteiger partial charge < -0.3 is 57.2 Å². The highest BCUT2D eigenvalue weighted by Gasteiger charge is 2.74. The third-order valence-corrected chi connectivity index (χ3v) is 16.4.